The largest absolute Gasteiger partial charge is 0.294 e. The van der Waals surface area contributed by atoms with Gasteiger partial charge in [0.1, 0.15) is 11.4 Å². The molecule has 0 aromatic heterocycles. The normalized spacial score (nSPS) is 17.9. The van der Waals surface area contributed by atoms with E-state index in [1.54, 1.807) is 41.4 Å². The molecule has 4 aromatic carbocycles. The Kier molecular flexibility index (Phi) is 6.58. The Morgan fingerprint density at radius 1 is 0.875 bits per heavy atom. The van der Waals surface area contributed by atoms with E-state index in [1.165, 1.54) is 29.8 Å². The van der Waals surface area contributed by atoms with E-state index in [0.717, 1.165) is 5.56 Å². The maximum Gasteiger partial charge on any atom is 0.294 e. The van der Waals surface area contributed by atoms with Crippen molar-refractivity contribution in [3.05, 3.63) is 134 Å². The molecule has 0 radical (unpaired) electrons. The van der Waals surface area contributed by atoms with Crippen LogP contribution in [0.4, 0.5) is 17.1 Å². The molecular formula is C29H19Cl2N5O3S. The van der Waals surface area contributed by atoms with Gasteiger partial charge in [0, 0.05) is 34.7 Å². The highest BCUT2D eigenvalue weighted by atomic mass is 35.5. The number of ketones is 1. The maximum absolute atomic E-state index is 12.8. The average Bonchev–Trinajstić information content (AvgIpc) is 3.36. The number of nitro groups is 1. The molecule has 40 heavy (non-hydrogen) atoms. The molecule has 6 rings (SSSR count). The van der Waals surface area contributed by atoms with Crippen LogP contribution in [0.5, 0.6) is 0 Å². The van der Waals surface area contributed by atoms with E-state index in [1.807, 2.05) is 54.6 Å². The second-order valence-electron chi connectivity index (χ2n) is 8.99. The number of hydrazone groups is 2. The van der Waals surface area contributed by atoms with Crippen molar-refractivity contribution in [2.75, 3.05) is 10.0 Å². The summed E-state index contributed by atoms with van der Waals surface area (Å²) in [6.07, 6.45) is 0. The Morgan fingerprint density at radius 2 is 1.57 bits per heavy atom. The third-order valence-electron chi connectivity index (χ3n) is 6.53. The van der Waals surface area contributed by atoms with Gasteiger partial charge in [-0.2, -0.15) is 10.2 Å². The standard InChI is InChI=1S/C29H19Cl2N5O3S/c1-18(37)28-33-35(25-13-7-8-14-26(25)36(38)39)29(40-28)23-12-6-5-11-21(23)27(22-17-19(30)15-16-24(22)31)32-34(29)20-9-3-2-4-10-20/h2-17H,1H3/t29-/m0/s1. The first kappa shape index (κ1) is 26.1. The lowest BCUT2D eigenvalue weighted by Crippen LogP contribution is -2.54. The summed E-state index contributed by atoms with van der Waals surface area (Å²) in [6, 6.07) is 28.4. The first-order valence-corrected chi connectivity index (χ1v) is 13.7. The van der Waals surface area contributed by atoms with Crippen molar-refractivity contribution in [3.8, 4) is 0 Å². The number of Topliss-reactive ketones (excluding diaryl/α,β-unsaturated/α-hetero) is 1. The number of thioether (sulfide) groups is 1. The van der Waals surface area contributed by atoms with E-state index in [0.29, 0.717) is 32.6 Å². The Balaban J connectivity index is 1.71. The van der Waals surface area contributed by atoms with Gasteiger partial charge in [0.2, 0.25) is 4.99 Å². The fourth-order valence-electron chi connectivity index (χ4n) is 4.81. The fraction of sp³-hybridized carbons (Fsp3) is 0.0690. The number of benzene rings is 4. The van der Waals surface area contributed by atoms with E-state index >= 15 is 0 Å². The number of rotatable bonds is 5. The van der Waals surface area contributed by atoms with E-state index in [2.05, 4.69) is 5.10 Å². The van der Waals surface area contributed by atoms with Gasteiger partial charge in [-0.25, -0.2) is 10.0 Å². The van der Waals surface area contributed by atoms with Crippen LogP contribution in [0.3, 0.4) is 0 Å². The second-order valence-corrected chi connectivity index (χ2v) is 11.0. The summed E-state index contributed by atoms with van der Waals surface area (Å²) in [5.74, 6) is -0.274. The van der Waals surface area contributed by atoms with E-state index < -0.39 is 9.92 Å². The molecule has 0 saturated carbocycles. The van der Waals surface area contributed by atoms with Crippen molar-refractivity contribution in [1.29, 1.82) is 0 Å². The molecule has 0 fully saturated rings. The number of nitro benzene ring substituents is 1. The minimum atomic E-state index is -1.33. The molecule has 1 atom stereocenters. The minimum Gasteiger partial charge on any atom is -0.292 e. The Morgan fingerprint density at radius 3 is 2.33 bits per heavy atom. The van der Waals surface area contributed by atoms with Gasteiger partial charge in [0.25, 0.3) is 5.69 Å². The number of halogens is 2. The number of hydrogen-bond acceptors (Lipinski definition) is 8. The van der Waals surface area contributed by atoms with Crippen molar-refractivity contribution in [2.24, 2.45) is 10.2 Å². The maximum atomic E-state index is 12.8. The number of hydrogen-bond donors (Lipinski definition) is 0. The molecule has 0 amide bonds. The highest BCUT2D eigenvalue weighted by molar-refractivity contribution is 8.17. The predicted octanol–water partition coefficient (Wildman–Crippen LogP) is 7.44. The van der Waals surface area contributed by atoms with Crippen LogP contribution in [-0.2, 0) is 9.79 Å². The van der Waals surface area contributed by atoms with E-state index in [9.17, 15) is 14.9 Å². The quantitative estimate of drug-likeness (QED) is 0.178. The second kappa shape index (κ2) is 10.1. The summed E-state index contributed by atoms with van der Waals surface area (Å²) in [7, 11) is 0. The highest BCUT2D eigenvalue weighted by Gasteiger charge is 2.57. The van der Waals surface area contributed by atoms with E-state index in [4.69, 9.17) is 28.3 Å². The average molecular weight is 588 g/mol. The molecule has 8 nitrogen and oxygen atoms in total. The predicted molar refractivity (Wildman–Crippen MR) is 160 cm³/mol. The van der Waals surface area contributed by atoms with Crippen LogP contribution in [0, 0.1) is 10.1 Å². The van der Waals surface area contributed by atoms with Gasteiger partial charge < -0.3 is 0 Å². The first-order valence-electron chi connectivity index (χ1n) is 12.1. The smallest absolute Gasteiger partial charge is 0.292 e. The molecule has 4 aromatic rings. The van der Waals surface area contributed by atoms with Gasteiger partial charge in [-0.3, -0.25) is 14.9 Å². The topological polar surface area (TPSA) is 91.4 Å². The van der Waals surface area contributed by atoms with Gasteiger partial charge in [-0.1, -0.05) is 77.8 Å². The van der Waals surface area contributed by atoms with Gasteiger partial charge in [-0.15, -0.1) is 0 Å². The molecule has 0 unspecified atom stereocenters. The lowest BCUT2D eigenvalue weighted by atomic mass is 9.93. The monoisotopic (exact) mass is 587 g/mol. The molecular weight excluding hydrogens is 569 g/mol. The number of anilines is 2. The minimum absolute atomic E-state index is 0.158. The van der Waals surface area contributed by atoms with Crippen molar-refractivity contribution in [2.45, 2.75) is 11.9 Å². The van der Waals surface area contributed by atoms with Crippen molar-refractivity contribution in [1.82, 2.24) is 0 Å². The van der Waals surface area contributed by atoms with Crippen LogP contribution in [0.25, 0.3) is 0 Å². The molecule has 0 aliphatic carbocycles. The van der Waals surface area contributed by atoms with Crippen LogP contribution in [0.2, 0.25) is 10.0 Å². The summed E-state index contributed by atoms with van der Waals surface area (Å²) < 4.78 is 0. The van der Waals surface area contributed by atoms with Crippen LogP contribution >= 0.6 is 35.0 Å². The Hall–Kier alpha value is -4.18. The molecule has 11 heteroatoms. The zero-order valence-electron chi connectivity index (χ0n) is 20.9. The van der Waals surface area contributed by atoms with Crippen LogP contribution in [-0.4, -0.2) is 21.5 Å². The van der Waals surface area contributed by atoms with Gasteiger partial charge in [0.15, 0.2) is 10.8 Å². The summed E-state index contributed by atoms with van der Waals surface area (Å²) in [6.45, 7) is 1.42. The summed E-state index contributed by atoms with van der Waals surface area (Å²) in [5, 5.41) is 26.4. The molecule has 2 aliphatic heterocycles. The Labute approximate surface area is 243 Å². The number of para-hydroxylation sites is 3. The molecule has 0 bridgehead atoms. The molecule has 1 spiro atoms. The van der Waals surface area contributed by atoms with Crippen LogP contribution in [0.1, 0.15) is 23.6 Å². The van der Waals surface area contributed by atoms with Crippen molar-refractivity contribution < 1.29 is 9.72 Å². The highest BCUT2D eigenvalue weighted by Crippen LogP contribution is 2.56. The van der Waals surface area contributed by atoms with Gasteiger partial charge in [0.05, 0.1) is 15.6 Å². The lowest BCUT2D eigenvalue weighted by molar-refractivity contribution is -0.384. The van der Waals surface area contributed by atoms with Gasteiger partial charge >= 0.3 is 0 Å². The number of fused-ring (bicyclic) bond motifs is 2. The molecule has 2 aliphatic rings. The molecule has 198 valence electrons. The number of carbonyl (C=O) groups is 1. The zero-order chi connectivity index (χ0) is 28.0. The van der Waals surface area contributed by atoms with E-state index in [-0.39, 0.29) is 22.2 Å². The number of carbonyl (C=O) groups excluding carboxylic acids is 1. The fourth-order valence-corrected chi connectivity index (χ4v) is 6.47. The third-order valence-corrected chi connectivity index (χ3v) is 8.51. The third kappa shape index (κ3) is 4.14. The SMILES string of the molecule is CC(=O)C1=NN(c2ccccc2[N+](=O)[O-])[C@]2(S1)c1ccccc1C(c1cc(Cl)ccc1Cl)=NN2c1ccccc1. The van der Waals surface area contributed by atoms with Crippen LogP contribution < -0.4 is 10.0 Å². The zero-order valence-corrected chi connectivity index (χ0v) is 23.2. The first-order chi connectivity index (χ1) is 19.3. The summed E-state index contributed by atoms with van der Waals surface area (Å²) in [5.41, 5.74) is 3.32. The lowest BCUT2D eigenvalue weighted by Gasteiger charge is -2.46. The number of nitrogens with zero attached hydrogens (tertiary/aromatic N) is 5. The summed E-state index contributed by atoms with van der Waals surface area (Å²) in [4.78, 5) is 23.2. The molecule has 2 heterocycles. The van der Waals surface area contributed by atoms with Crippen molar-refractivity contribution in [3.63, 3.8) is 0 Å². The van der Waals surface area contributed by atoms with Gasteiger partial charge in [-0.05, 0) is 48.2 Å². The molecule has 0 N–H and O–H groups in total. The van der Waals surface area contributed by atoms with Crippen molar-refractivity contribution >= 4 is 68.6 Å². The summed E-state index contributed by atoms with van der Waals surface area (Å²) >= 11 is 14.2. The van der Waals surface area contributed by atoms with Crippen LogP contribution in [0.15, 0.2) is 107 Å². The Bertz CT molecular complexity index is 1750. The molecule has 0 saturated heterocycles.